The summed E-state index contributed by atoms with van der Waals surface area (Å²) in [7, 11) is 0. The molecule has 0 amide bonds. The number of hydrogen-bond acceptors (Lipinski definition) is 1. The van der Waals surface area contributed by atoms with Crippen molar-refractivity contribution in [2.24, 2.45) is 5.84 Å². The fraction of sp³-hybridized carbons (Fsp3) is 0.667. The predicted octanol–water partition coefficient (Wildman–Crippen LogP) is -0.594. The summed E-state index contributed by atoms with van der Waals surface area (Å²) >= 11 is 0. The third-order valence-electron chi connectivity index (χ3n) is 0.966. The van der Waals surface area contributed by atoms with Crippen LogP contribution in [0.3, 0.4) is 0 Å². The average Bonchev–Trinajstić information content (AvgIpc) is 1.81. The van der Waals surface area contributed by atoms with Crippen LogP contribution in [-0.2, 0) is 0 Å². The Morgan fingerprint density at radius 3 is 2.75 bits per heavy atom. The molecule has 0 bridgehead atoms. The maximum Gasteiger partial charge on any atom is 0.167 e. The Balaban J connectivity index is 2.72. The van der Waals surface area contributed by atoms with Crippen LogP contribution in [0.5, 0.6) is 0 Å². The van der Waals surface area contributed by atoms with E-state index in [2.05, 4.69) is 12.0 Å². The molecule has 0 aliphatic carbocycles. The van der Waals surface area contributed by atoms with Crippen molar-refractivity contribution < 1.29 is 5.10 Å². The molecule has 48 valence electrons. The third-order valence-corrected chi connectivity index (χ3v) is 0.966. The summed E-state index contributed by atoms with van der Waals surface area (Å²) in [5.41, 5.74) is 0. The van der Waals surface area contributed by atoms with Gasteiger partial charge in [-0.05, 0) is 6.42 Å². The van der Waals surface area contributed by atoms with Crippen molar-refractivity contribution in [2.75, 3.05) is 0 Å². The highest BCUT2D eigenvalue weighted by Gasteiger charge is 1.80. The molecule has 2 heteroatoms. The smallest absolute Gasteiger partial charge is 0.167 e. The van der Waals surface area contributed by atoms with Gasteiger partial charge in [0.2, 0.25) is 0 Å². The van der Waals surface area contributed by atoms with Crippen LogP contribution >= 0.6 is 0 Å². The lowest BCUT2D eigenvalue weighted by molar-refractivity contribution is -0.465. The van der Waals surface area contributed by atoms with Gasteiger partial charge in [0.1, 0.15) is 0 Å². The normalized spacial score (nSPS) is 10.6. The fourth-order valence-electron chi connectivity index (χ4n) is 0.507. The summed E-state index contributed by atoms with van der Waals surface area (Å²) < 4.78 is 0. The van der Waals surface area contributed by atoms with Gasteiger partial charge in [-0.15, -0.1) is 5.10 Å². The van der Waals surface area contributed by atoms with Gasteiger partial charge >= 0.3 is 0 Å². The Morgan fingerprint density at radius 1 is 1.50 bits per heavy atom. The zero-order chi connectivity index (χ0) is 6.24. The summed E-state index contributed by atoms with van der Waals surface area (Å²) in [6, 6.07) is 0. The van der Waals surface area contributed by atoms with E-state index in [-0.39, 0.29) is 0 Å². The molecule has 2 nitrogen and oxygen atoms in total. The average molecular weight is 114 g/mol. The monoisotopic (exact) mass is 114 g/mol. The van der Waals surface area contributed by atoms with Gasteiger partial charge in [0, 0.05) is 6.42 Å². The number of nitrogens with two attached hydrogens (primary N) is 1. The molecule has 0 aliphatic heterocycles. The van der Waals surface area contributed by atoms with Gasteiger partial charge in [-0.1, -0.05) is 6.42 Å². The quantitative estimate of drug-likeness (QED) is 0.166. The number of rotatable bonds is 4. The van der Waals surface area contributed by atoms with E-state index in [1.807, 2.05) is 6.21 Å². The summed E-state index contributed by atoms with van der Waals surface area (Å²) in [6.07, 6.45) is 6.31. The maximum absolute atomic E-state index is 4.99. The molecule has 0 heterocycles. The zero-order valence-electron chi connectivity index (χ0n) is 5.19. The van der Waals surface area contributed by atoms with E-state index in [0.717, 1.165) is 12.8 Å². The molecule has 0 spiro atoms. The van der Waals surface area contributed by atoms with Gasteiger partial charge in [0.25, 0.3) is 0 Å². The van der Waals surface area contributed by atoms with Gasteiger partial charge in [-0.2, -0.15) is 6.42 Å². The van der Waals surface area contributed by atoms with Crippen molar-refractivity contribution in [1.82, 2.24) is 0 Å². The lowest BCUT2D eigenvalue weighted by atomic mass is 10.2. The summed E-state index contributed by atoms with van der Waals surface area (Å²) in [5.74, 6) is 4.99. The lowest BCUT2D eigenvalue weighted by Gasteiger charge is -1.91. The molecule has 0 unspecified atom stereocenters. The minimum absolute atomic E-state index is 1.03. The standard InChI is InChI=1S/C6H13N2/c1-2-3-4-5-6-8-7/h6H,1-5,7H2/q-1/p+1/b8-6+. The van der Waals surface area contributed by atoms with E-state index in [4.69, 9.17) is 5.84 Å². The number of unbranched alkanes of at least 4 members (excludes halogenated alkanes) is 3. The number of nitrogens with one attached hydrogen (secondary N) is 1. The second-order valence-corrected chi connectivity index (χ2v) is 1.72. The van der Waals surface area contributed by atoms with Crippen LogP contribution in [0.4, 0.5) is 0 Å². The Kier molecular flexibility index (Phi) is 6.04. The maximum atomic E-state index is 4.99. The highest BCUT2D eigenvalue weighted by Crippen LogP contribution is 1.93. The van der Waals surface area contributed by atoms with E-state index in [0.29, 0.717) is 0 Å². The SMILES string of the molecule is [CH2-]CCCC/C=[NH+]/N. The zero-order valence-corrected chi connectivity index (χ0v) is 5.19. The molecule has 0 atom stereocenters. The predicted molar refractivity (Wildman–Crippen MR) is 35.0 cm³/mol. The van der Waals surface area contributed by atoms with Gasteiger partial charge in [-0.25, -0.2) is 5.84 Å². The first-order chi connectivity index (χ1) is 3.91. The van der Waals surface area contributed by atoms with Crippen molar-refractivity contribution in [1.29, 1.82) is 0 Å². The molecule has 0 fully saturated rings. The molecule has 0 aromatic rings. The number of hydrazone groups is 1. The first-order valence-electron chi connectivity index (χ1n) is 2.99. The Labute approximate surface area is 50.8 Å². The molecule has 3 N–H and O–H groups in total. The second kappa shape index (κ2) is 6.47. The number of hydrazine groups is 1. The Hall–Kier alpha value is -0.530. The highest BCUT2D eigenvalue weighted by atomic mass is 15.1. The van der Waals surface area contributed by atoms with E-state index >= 15 is 0 Å². The van der Waals surface area contributed by atoms with E-state index in [9.17, 15) is 0 Å². The first-order valence-corrected chi connectivity index (χ1v) is 2.99. The molecule has 0 aliphatic rings. The van der Waals surface area contributed by atoms with E-state index < -0.39 is 0 Å². The summed E-state index contributed by atoms with van der Waals surface area (Å²) in [5, 5.41) is 2.48. The summed E-state index contributed by atoms with van der Waals surface area (Å²) in [4.78, 5) is 0. The molecular formula is C6H14N2. The van der Waals surface area contributed by atoms with Crippen molar-refractivity contribution in [2.45, 2.75) is 25.7 Å². The Morgan fingerprint density at radius 2 is 2.25 bits per heavy atom. The molecule has 0 saturated heterocycles. The highest BCUT2D eigenvalue weighted by molar-refractivity contribution is 5.49. The van der Waals surface area contributed by atoms with Crippen LogP contribution in [0.1, 0.15) is 25.7 Å². The molecule has 0 saturated carbocycles. The van der Waals surface area contributed by atoms with Crippen LogP contribution in [-0.4, -0.2) is 6.21 Å². The largest absolute Gasteiger partial charge is 0.343 e. The van der Waals surface area contributed by atoms with Crippen LogP contribution in [0, 0.1) is 6.92 Å². The fourth-order valence-corrected chi connectivity index (χ4v) is 0.507. The van der Waals surface area contributed by atoms with Crippen molar-refractivity contribution in [3.8, 4) is 0 Å². The molecule has 8 heavy (non-hydrogen) atoms. The van der Waals surface area contributed by atoms with Gasteiger partial charge in [0.15, 0.2) is 6.21 Å². The van der Waals surface area contributed by atoms with Crippen LogP contribution < -0.4 is 10.9 Å². The molecule has 0 rings (SSSR count). The Bertz CT molecular complexity index is 59.5. The van der Waals surface area contributed by atoms with Crippen LogP contribution in [0.2, 0.25) is 0 Å². The van der Waals surface area contributed by atoms with Crippen molar-refractivity contribution >= 4 is 6.21 Å². The van der Waals surface area contributed by atoms with Crippen molar-refractivity contribution in [3.63, 3.8) is 0 Å². The second-order valence-electron chi connectivity index (χ2n) is 1.72. The molecule has 0 aromatic heterocycles. The van der Waals surface area contributed by atoms with Gasteiger partial charge in [-0.3, -0.25) is 0 Å². The summed E-state index contributed by atoms with van der Waals surface area (Å²) in [6.45, 7) is 3.72. The molecule has 0 radical (unpaired) electrons. The number of hydrogen-bond donors (Lipinski definition) is 2. The first kappa shape index (κ1) is 7.47. The minimum atomic E-state index is 1.03. The van der Waals surface area contributed by atoms with Gasteiger partial charge < -0.3 is 6.92 Å². The minimum Gasteiger partial charge on any atom is -0.343 e. The van der Waals surface area contributed by atoms with Crippen LogP contribution in [0.15, 0.2) is 0 Å². The third kappa shape index (κ3) is 5.47. The van der Waals surface area contributed by atoms with E-state index in [1.165, 1.54) is 12.8 Å². The van der Waals surface area contributed by atoms with E-state index in [1.54, 1.807) is 0 Å². The van der Waals surface area contributed by atoms with Crippen molar-refractivity contribution in [3.05, 3.63) is 6.92 Å². The van der Waals surface area contributed by atoms with Gasteiger partial charge in [0.05, 0.1) is 0 Å². The lowest BCUT2D eigenvalue weighted by Crippen LogP contribution is -2.76. The topological polar surface area (TPSA) is 40.0 Å². The molecule has 0 aromatic carbocycles. The molecular weight excluding hydrogens is 100 g/mol. The van der Waals surface area contributed by atoms with Crippen LogP contribution in [0.25, 0.3) is 0 Å².